The number of hydrogen-bond donors (Lipinski definition) is 2. The zero-order chi connectivity index (χ0) is 13.9. The van der Waals surface area contributed by atoms with Crippen LogP contribution in [0.25, 0.3) is 0 Å². The Labute approximate surface area is 124 Å². The van der Waals surface area contributed by atoms with E-state index in [0.717, 1.165) is 18.2 Å². The standard InChI is InChI=1S/C16H22N2OS/c17-16(19)12-6-7-15-14(9-12)18-10-13(20-15)8-11-4-2-1-3-5-11/h6-7,9,11,13,18H,1-5,8,10H2,(H2,17,19). The first-order chi connectivity index (χ1) is 9.72. The molecule has 0 aromatic heterocycles. The molecule has 20 heavy (non-hydrogen) atoms. The Kier molecular flexibility index (Phi) is 4.20. The first kappa shape index (κ1) is 13.8. The molecule has 1 aromatic rings. The Balaban J connectivity index is 1.64. The monoisotopic (exact) mass is 290 g/mol. The lowest BCUT2D eigenvalue weighted by molar-refractivity contribution is 0.100. The van der Waals surface area contributed by atoms with Crippen molar-refractivity contribution >= 4 is 23.4 Å². The van der Waals surface area contributed by atoms with E-state index >= 15 is 0 Å². The molecule has 1 aliphatic carbocycles. The molecule has 1 amide bonds. The fourth-order valence-corrected chi connectivity index (χ4v) is 4.59. The molecule has 0 radical (unpaired) electrons. The van der Waals surface area contributed by atoms with Gasteiger partial charge in [-0.1, -0.05) is 32.1 Å². The van der Waals surface area contributed by atoms with Gasteiger partial charge in [-0.25, -0.2) is 0 Å². The minimum Gasteiger partial charge on any atom is -0.383 e. The maximum Gasteiger partial charge on any atom is 0.248 e. The summed E-state index contributed by atoms with van der Waals surface area (Å²) in [4.78, 5) is 12.5. The molecule has 1 fully saturated rings. The van der Waals surface area contributed by atoms with Crippen molar-refractivity contribution in [2.45, 2.75) is 48.7 Å². The van der Waals surface area contributed by atoms with Crippen LogP contribution in [0.1, 0.15) is 48.9 Å². The molecular formula is C16H22N2OS. The topological polar surface area (TPSA) is 55.1 Å². The van der Waals surface area contributed by atoms with Gasteiger partial charge in [0.15, 0.2) is 0 Å². The summed E-state index contributed by atoms with van der Waals surface area (Å²) in [5.41, 5.74) is 6.97. The molecule has 1 aliphatic heterocycles. The lowest BCUT2D eigenvalue weighted by Gasteiger charge is -2.30. The summed E-state index contributed by atoms with van der Waals surface area (Å²) < 4.78 is 0. The highest BCUT2D eigenvalue weighted by Crippen LogP contribution is 2.39. The van der Waals surface area contributed by atoms with Crippen LogP contribution in [0.5, 0.6) is 0 Å². The Morgan fingerprint density at radius 1 is 1.30 bits per heavy atom. The molecule has 2 aliphatic rings. The number of fused-ring (bicyclic) bond motifs is 1. The number of primary amides is 1. The zero-order valence-corrected chi connectivity index (χ0v) is 12.5. The second-order valence-corrected chi connectivity index (χ2v) is 7.28. The molecule has 0 bridgehead atoms. The number of nitrogens with one attached hydrogen (secondary N) is 1. The van der Waals surface area contributed by atoms with Gasteiger partial charge in [0.25, 0.3) is 0 Å². The second kappa shape index (κ2) is 6.08. The predicted molar refractivity (Wildman–Crippen MR) is 84.3 cm³/mol. The van der Waals surface area contributed by atoms with Gasteiger partial charge in [0.2, 0.25) is 5.91 Å². The predicted octanol–water partition coefficient (Wildman–Crippen LogP) is 3.64. The fraction of sp³-hybridized carbons (Fsp3) is 0.562. The minimum atomic E-state index is -0.357. The molecule has 1 saturated carbocycles. The molecule has 3 rings (SSSR count). The van der Waals surface area contributed by atoms with Crippen molar-refractivity contribution in [2.24, 2.45) is 11.7 Å². The van der Waals surface area contributed by atoms with Crippen LogP contribution in [0.4, 0.5) is 5.69 Å². The quantitative estimate of drug-likeness (QED) is 0.893. The first-order valence-corrected chi connectivity index (χ1v) is 8.45. The van der Waals surface area contributed by atoms with E-state index in [9.17, 15) is 4.79 Å². The molecule has 1 atom stereocenters. The number of hydrogen-bond acceptors (Lipinski definition) is 3. The van der Waals surface area contributed by atoms with Crippen molar-refractivity contribution in [3.8, 4) is 0 Å². The van der Waals surface area contributed by atoms with Gasteiger partial charge in [-0.15, -0.1) is 11.8 Å². The molecule has 1 unspecified atom stereocenters. The Bertz CT molecular complexity index is 497. The van der Waals surface area contributed by atoms with Crippen LogP contribution in [0.3, 0.4) is 0 Å². The van der Waals surface area contributed by atoms with E-state index in [4.69, 9.17) is 5.73 Å². The van der Waals surface area contributed by atoms with E-state index in [2.05, 4.69) is 5.32 Å². The van der Waals surface area contributed by atoms with Gasteiger partial charge in [0.05, 0.1) is 0 Å². The van der Waals surface area contributed by atoms with Crippen LogP contribution in [0.15, 0.2) is 23.1 Å². The van der Waals surface area contributed by atoms with Crippen LogP contribution in [-0.2, 0) is 0 Å². The average Bonchev–Trinajstić information content (AvgIpc) is 2.47. The van der Waals surface area contributed by atoms with E-state index < -0.39 is 0 Å². The van der Waals surface area contributed by atoms with Crippen molar-refractivity contribution in [3.63, 3.8) is 0 Å². The fourth-order valence-electron chi connectivity index (χ4n) is 3.30. The summed E-state index contributed by atoms with van der Waals surface area (Å²) in [5.74, 6) is 0.554. The molecular weight excluding hydrogens is 268 g/mol. The number of rotatable bonds is 3. The third-order valence-corrected chi connectivity index (χ3v) is 5.70. The highest BCUT2D eigenvalue weighted by Gasteiger charge is 2.24. The van der Waals surface area contributed by atoms with Crippen LogP contribution in [0.2, 0.25) is 0 Å². The molecule has 1 heterocycles. The van der Waals surface area contributed by atoms with Crippen LogP contribution in [0, 0.1) is 5.92 Å². The lowest BCUT2D eigenvalue weighted by Crippen LogP contribution is -2.25. The van der Waals surface area contributed by atoms with Gasteiger partial charge >= 0.3 is 0 Å². The molecule has 3 N–H and O–H groups in total. The Hall–Kier alpha value is -1.16. The van der Waals surface area contributed by atoms with E-state index in [0.29, 0.717) is 10.8 Å². The summed E-state index contributed by atoms with van der Waals surface area (Å²) in [6.45, 7) is 0.996. The molecule has 4 heteroatoms. The lowest BCUT2D eigenvalue weighted by atomic mass is 9.86. The molecule has 1 aromatic carbocycles. The van der Waals surface area contributed by atoms with Gasteiger partial charge in [0, 0.05) is 27.9 Å². The van der Waals surface area contributed by atoms with E-state index in [1.807, 2.05) is 30.0 Å². The van der Waals surface area contributed by atoms with Crippen LogP contribution in [-0.4, -0.2) is 17.7 Å². The van der Waals surface area contributed by atoms with Gasteiger partial charge in [-0.2, -0.15) is 0 Å². The zero-order valence-electron chi connectivity index (χ0n) is 11.7. The van der Waals surface area contributed by atoms with E-state index in [1.54, 1.807) is 0 Å². The Morgan fingerprint density at radius 2 is 2.10 bits per heavy atom. The van der Waals surface area contributed by atoms with Crippen molar-refractivity contribution in [3.05, 3.63) is 23.8 Å². The third kappa shape index (κ3) is 3.11. The number of thioether (sulfide) groups is 1. The maximum atomic E-state index is 11.2. The number of anilines is 1. The number of nitrogens with two attached hydrogens (primary N) is 1. The van der Waals surface area contributed by atoms with Crippen LogP contribution >= 0.6 is 11.8 Å². The number of benzene rings is 1. The minimum absolute atomic E-state index is 0.357. The molecule has 0 spiro atoms. The maximum absolute atomic E-state index is 11.2. The normalized spacial score (nSPS) is 22.9. The number of carbonyl (C=O) groups excluding carboxylic acids is 1. The number of carbonyl (C=O) groups is 1. The second-order valence-electron chi connectivity index (χ2n) is 5.94. The first-order valence-electron chi connectivity index (χ1n) is 7.57. The molecule has 108 valence electrons. The van der Waals surface area contributed by atoms with E-state index in [-0.39, 0.29) is 5.91 Å². The smallest absolute Gasteiger partial charge is 0.248 e. The largest absolute Gasteiger partial charge is 0.383 e. The van der Waals surface area contributed by atoms with Gasteiger partial charge in [-0.3, -0.25) is 4.79 Å². The molecule has 3 nitrogen and oxygen atoms in total. The van der Waals surface area contributed by atoms with Crippen molar-refractivity contribution in [1.82, 2.24) is 0 Å². The summed E-state index contributed by atoms with van der Waals surface area (Å²) in [6, 6.07) is 5.74. The summed E-state index contributed by atoms with van der Waals surface area (Å²) in [5, 5.41) is 4.13. The highest BCUT2D eigenvalue weighted by atomic mass is 32.2. The highest BCUT2D eigenvalue weighted by molar-refractivity contribution is 8.00. The van der Waals surface area contributed by atoms with Crippen molar-refractivity contribution < 1.29 is 4.79 Å². The van der Waals surface area contributed by atoms with Crippen LogP contribution < -0.4 is 11.1 Å². The Morgan fingerprint density at radius 3 is 2.85 bits per heavy atom. The van der Waals surface area contributed by atoms with Crippen molar-refractivity contribution in [2.75, 3.05) is 11.9 Å². The average molecular weight is 290 g/mol. The van der Waals surface area contributed by atoms with Crippen molar-refractivity contribution in [1.29, 1.82) is 0 Å². The van der Waals surface area contributed by atoms with E-state index in [1.165, 1.54) is 43.4 Å². The van der Waals surface area contributed by atoms with Gasteiger partial charge < -0.3 is 11.1 Å². The molecule has 0 saturated heterocycles. The van der Waals surface area contributed by atoms with Gasteiger partial charge in [-0.05, 0) is 30.5 Å². The summed E-state index contributed by atoms with van der Waals surface area (Å²) >= 11 is 1.96. The summed E-state index contributed by atoms with van der Waals surface area (Å²) in [6.07, 6.45) is 8.37. The third-order valence-electron chi connectivity index (χ3n) is 4.40. The number of amides is 1. The van der Waals surface area contributed by atoms with Gasteiger partial charge in [0.1, 0.15) is 0 Å². The summed E-state index contributed by atoms with van der Waals surface area (Å²) in [7, 11) is 0. The SMILES string of the molecule is NC(=O)c1ccc2c(c1)NCC(CC1CCCCC1)S2.